The Balaban J connectivity index is 2.70. The fraction of sp³-hybridized carbons (Fsp3) is 0.417. The van der Waals surface area contributed by atoms with E-state index in [4.69, 9.17) is 20.5 Å². The molecule has 1 aromatic rings. The Hall–Kier alpha value is -1.73. The molecule has 0 aliphatic rings. The quantitative estimate of drug-likeness (QED) is 0.820. The molecule has 1 unspecified atom stereocenters. The number of nitrogens with two attached hydrogens (primary N) is 1. The van der Waals surface area contributed by atoms with Gasteiger partial charge in [-0.05, 0) is 26.0 Å². The largest absolute Gasteiger partial charge is 0.490 e. The predicted molar refractivity (Wildman–Crippen MR) is 61.3 cm³/mol. The van der Waals surface area contributed by atoms with Crippen LogP contribution in [0.15, 0.2) is 24.3 Å². The molecule has 86 valence electrons. The van der Waals surface area contributed by atoms with E-state index in [1.165, 1.54) is 0 Å². The lowest BCUT2D eigenvalue weighted by molar-refractivity contribution is 0.244. The van der Waals surface area contributed by atoms with E-state index in [9.17, 15) is 0 Å². The van der Waals surface area contributed by atoms with Gasteiger partial charge in [0.1, 0.15) is 12.1 Å². The van der Waals surface area contributed by atoms with Crippen molar-refractivity contribution in [2.24, 2.45) is 5.73 Å². The molecule has 0 aliphatic carbocycles. The van der Waals surface area contributed by atoms with Crippen molar-refractivity contribution in [3.8, 4) is 17.6 Å². The Morgan fingerprint density at radius 2 is 1.88 bits per heavy atom. The lowest BCUT2D eigenvalue weighted by Gasteiger charge is -2.17. The van der Waals surface area contributed by atoms with Crippen molar-refractivity contribution in [1.82, 2.24) is 0 Å². The first kappa shape index (κ1) is 12.3. The highest BCUT2D eigenvalue weighted by molar-refractivity contribution is 5.39. The molecule has 1 rings (SSSR count). The molecular formula is C12H16N2O2. The molecule has 0 saturated heterocycles. The molecule has 4 heteroatoms. The van der Waals surface area contributed by atoms with Gasteiger partial charge in [0.2, 0.25) is 0 Å². The lowest BCUT2D eigenvalue weighted by Crippen LogP contribution is -2.40. The van der Waals surface area contributed by atoms with Crippen LogP contribution in [0, 0.1) is 11.3 Å². The fourth-order valence-corrected chi connectivity index (χ4v) is 1.10. The first-order valence-corrected chi connectivity index (χ1v) is 5.14. The van der Waals surface area contributed by atoms with E-state index in [1.807, 2.05) is 31.2 Å². The number of nitriles is 1. The van der Waals surface area contributed by atoms with Gasteiger partial charge in [-0.15, -0.1) is 0 Å². The van der Waals surface area contributed by atoms with Crippen molar-refractivity contribution in [2.75, 3.05) is 13.2 Å². The van der Waals surface area contributed by atoms with E-state index in [1.54, 1.807) is 13.0 Å². The summed E-state index contributed by atoms with van der Waals surface area (Å²) in [5.41, 5.74) is 4.67. The predicted octanol–water partition coefficient (Wildman–Crippen LogP) is 1.71. The van der Waals surface area contributed by atoms with Gasteiger partial charge in [-0.25, -0.2) is 0 Å². The van der Waals surface area contributed by atoms with Crippen molar-refractivity contribution in [1.29, 1.82) is 5.26 Å². The summed E-state index contributed by atoms with van der Waals surface area (Å²) in [7, 11) is 0. The summed E-state index contributed by atoms with van der Waals surface area (Å²) in [6.45, 7) is 4.22. The molecule has 1 atom stereocenters. The summed E-state index contributed by atoms with van der Waals surface area (Å²) >= 11 is 0. The van der Waals surface area contributed by atoms with Gasteiger partial charge in [0, 0.05) is 0 Å². The van der Waals surface area contributed by atoms with Crippen LogP contribution in [-0.4, -0.2) is 18.8 Å². The van der Waals surface area contributed by atoms with Crippen LogP contribution in [0.4, 0.5) is 0 Å². The number of rotatable bonds is 5. The van der Waals surface area contributed by atoms with Crippen LogP contribution >= 0.6 is 0 Å². The van der Waals surface area contributed by atoms with Gasteiger partial charge in [0.15, 0.2) is 11.5 Å². The van der Waals surface area contributed by atoms with Crippen LogP contribution in [0.25, 0.3) is 0 Å². The second-order valence-corrected chi connectivity index (χ2v) is 3.70. The molecule has 0 aliphatic heterocycles. The molecule has 16 heavy (non-hydrogen) atoms. The topological polar surface area (TPSA) is 68.3 Å². The van der Waals surface area contributed by atoms with E-state index in [0.29, 0.717) is 18.1 Å². The minimum atomic E-state index is -0.987. The van der Waals surface area contributed by atoms with Gasteiger partial charge >= 0.3 is 0 Å². The Morgan fingerprint density at radius 1 is 1.31 bits per heavy atom. The van der Waals surface area contributed by atoms with Crippen LogP contribution in [0.1, 0.15) is 13.8 Å². The van der Waals surface area contributed by atoms with E-state index >= 15 is 0 Å². The monoisotopic (exact) mass is 220 g/mol. The molecule has 2 N–H and O–H groups in total. The summed E-state index contributed by atoms with van der Waals surface area (Å²) in [5, 5.41) is 8.76. The van der Waals surface area contributed by atoms with E-state index < -0.39 is 5.54 Å². The van der Waals surface area contributed by atoms with Crippen molar-refractivity contribution in [2.45, 2.75) is 19.4 Å². The van der Waals surface area contributed by atoms with Crippen LogP contribution in [0.3, 0.4) is 0 Å². The Kier molecular flexibility index (Phi) is 4.15. The second kappa shape index (κ2) is 5.38. The van der Waals surface area contributed by atoms with Gasteiger partial charge in [0.25, 0.3) is 0 Å². The molecule has 0 heterocycles. The SMILES string of the molecule is CCOc1ccccc1OCC(C)(N)C#N. The molecule has 4 nitrogen and oxygen atoms in total. The number of nitrogens with zero attached hydrogens (tertiary/aromatic N) is 1. The molecule has 0 spiro atoms. The maximum atomic E-state index is 8.76. The third kappa shape index (κ3) is 3.44. The van der Waals surface area contributed by atoms with Crippen molar-refractivity contribution < 1.29 is 9.47 Å². The summed E-state index contributed by atoms with van der Waals surface area (Å²) in [6.07, 6.45) is 0. The zero-order chi connectivity index (χ0) is 12.0. The standard InChI is InChI=1S/C12H16N2O2/c1-3-15-10-6-4-5-7-11(10)16-9-12(2,14)8-13/h4-7H,3,9,14H2,1-2H3. The number of benzene rings is 1. The smallest absolute Gasteiger partial charge is 0.161 e. The van der Waals surface area contributed by atoms with Gasteiger partial charge in [-0.2, -0.15) is 5.26 Å². The molecule has 0 fully saturated rings. The summed E-state index contributed by atoms with van der Waals surface area (Å²) < 4.78 is 10.9. The molecule has 0 bridgehead atoms. The minimum Gasteiger partial charge on any atom is -0.490 e. The highest BCUT2D eigenvalue weighted by Gasteiger charge is 2.19. The fourth-order valence-electron chi connectivity index (χ4n) is 1.10. The zero-order valence-electron chi connectivity index (χ0n) is 9.56. The summed E-state index contributed by atoms with van der Waals surface area (Å²) in [5.74, 6) is 1.27. The number of hydrogen-bond donors (Lipinski definition) is 1. The molecule has 0 radical (unpaired) electrons. The Morgan fingerprint density at radius 3 is 2.38 bits per heavy atom. The molecule has 1 aromatic carbocycles. The first-order chi connectivity index (χ1) is 7.59. The third-order valence-corrected chi connectivity index (χ3v) is 1.93. The highest BCUT2D eigenvalue weighted by atomic mass is 16.5. The summed E-state index contributed by atoms with van der Waals surface area (Å²) in [6, 6.07) is 9.29. The number of hydrogen-bond acceptors (Lipinski definition) is 4. The summed E-state index contributed by atoms with van der Waals surface area (Å²) in [4.78, 5) is 0. The van der Waals surface area contributed by atoms with E-state index in [0.717, 1.165) is 0 Å². The molecule has 0 amide bonds. The molecular weight excluding hydrogens is 204 g/mol. The van der Waals surface area contributed by atoms with Crippen molar-refractivity contribution >= 4 is 0 Å². The average molecular weight is 220 g/mol. The molecule has 0 aromatic heterocycles. The Bertz CT molecular complexity index is 383. The van der Waals surface area contributed by atoms with Crippen LogP contribution < -0.4 is 15.2 Å². The maximum absolute atomic E-state index is 8.76. The van der Waals surface area contributed by atoms with Gasteiger partial charge in [-0.3, -0.25) is 0 Å². The average Bonchev–Trinajstić information content (AvgIpc) is 2.28. The van der Waals surface area contributed by atoms with Crippen molar-refractivity contribution in [3.63, 3.8) is 0 Å². The maximum Gasteiger partial charge on any atom is 0.161 e. The lowest BCUT2D eigenvalue weighted by atomic mass is 10.1. The van der Waals surface area contributed by atoms with Gasteiger partial charge in [-0.1, -0.05) is 12.1 Å². The van der Waals surface area contributed by atoms with Crippen LogP contribution in [0.5, 0.6) is 11.5 Å². The van der Waals surface area contributed by atoms with Gasteiger partial charge < -0.3 is 15.2 Å². The van der Waals surface area contributed by atoms with E-state index in [-0.39, 0.29) is 6.61 Å². The zero-order valence-corrected chi connectivity index (χ0v) is 9.56. The first-order valence-electron chi connectivity index (χ1n) is 5.14. The normalized spacial score (nSPS) is 13.6. The minimum absolute atomic E-state index is 0.133. The number of para-hydroxylation sites is 2. The highest BCUT2D eigenvalue weighted by Crippen LogP contribution is 2.26. The number of ether oxygens (including phenoxy) is 2. The van der Waals surface area contributed by atoms with Gasteiger partial charge in [0.05, 0.1) is 12.7 Å². The van der Waals surface area contributed by atoms with Crippen LogP contribution in [-0.2, 0) is 0 Å². The van der Waals surface area contributed by atoms with Crippen LogP contribution in [0.2, 0.25) is 0 Å². The second-order valence-electron chi connectivity index (χ2n) is 3.70. The molecule has 0 saturated carbocycles. The Labute approximate surface area is 95.6 Å². The van der Waals surface area contributed by atoms with E-state index in [2.05, 4.69) is 0 Å². The van der Waals surface area contributed by atoms with Crippen molar-refractivity contribution in [3.05, 3.63) is 24.3 Å². The third-order valence-electron chi connectivity index (χ3n) is 1.93.